The van der Waals surface area contributed by atoms with E-state index in [9.17, 15) is 4.79 Å². The van der Waals surface area contributed by atoms with E-state index in [0.717, 1.165) is 12.7 Å². The van der Waals surface area contributed by atoms with Gasteiger partial charge in [-0.2, -0.15) is 0 Å². The van der Waals surface area contributed by atoms with Crippen LogP contribution in [-0.4, -0.2) is 6.29 Å². The Bertz CT molecular complexity index is 161. The highest BCUT2D eigenvalue weighted by molar-refractivity contribution is 5.58. The van der Waals surface area contributed by atoms with E-state index in [0.29, 0.717) is 5.92 Å². The Balaban J connectivity index is 3.47. The number of carbonyl (C=O) groups excluding carboxylic acids is 1. The first-order chi connectivity index (χ1) is 7.04. The lowest BCUT2D eigenvalue weighted by Crippen LogP contribution is -2.22. The van der Waals surface area contributed by atoms with Gasteiger partial charge in [-0.05, 0) is 12.3 Å². The van der Waals surface area contributed by atoms with Crippen LogP contribution < -0.4 is 0 Å². The van der Waals surface area contributed by atoms with Crippen molar-refractivity contribution in [2.45, 2.75) is 65.7 Å². The molecule has 0 aliphatic heterocycles. The minimum absolute atomic E-state index is 0.145. The van der Waals surface area contributed by atoms with Gasteiger partial charge >= 0.3 is 0 Å². The van der Waals surface area contributed by atoms with E-state index < -0.39 is 0 Å². The molecule has 0 aromatic carbocycles. The van der Waals surface area contributed by atoms with Crippen LogP contribution in [0.3, 0.4) is 0 Å². The Kier molecular flexibility index (Phi) is 7.72. The summed E-state index contributed by atoms with van der Waals surface area (Å²) in [6.07, 6.45) is 9.80. The van der Waals surface area contributed by atoms with Gasteiger partial charge in [0, 0.05) is 5.41 Å². The van der Waals surface area contributed by atoms with Gasteiger partial charge in [0.05, 0.1) is 0 Å². The van der Waals surface area contributed by atoms with Gasteiger partial charge in [0.15, 0.2) is 0 Å². The summed E-state index contributed by atoms with van der Waals surface area (Å²) in [4.78, 5) is 10.8. The highest BCUT2D eigenvalue weighted by atomic mass is 16.1. The minimum Gasteiger partial charge on any atom is -0.303 e. The van der Waals surface area contributed by atoms with Crippen molar-refractivity contribution in [2.24, 2.45) is 11.3 Å². The molecule has 0 aromatic heterocycles. The number of hydrogen-bond donors (Lipinski definition) is 0. The van der Waals surface area contributed by atoms with Crippen LogP contribution in [0.25, 0.3) is 0 Å². The average Bonchev–Trinajstić information content (AvgIpc) is 2.22. The quantitative estimate of drug-likeness (QED) is 0.408. The number of hydrogen-bond acceptors (Lipinski definition) is 1. The molecule has 0 N–H and O–H groups in total. The third-order valence-electron chi connectivity index (χ3n) is 3.46. The van der Waals surface area contributed by atoms with E-state index >= 15 is 0 Å². The first kappa shape index (κ1) is 14.7. The Hall–Kier alpha value is -0.330. The van der Waals surface area contributed by atoms with Gasteiger partial charge < -0.3 is 4.79 Å². The molecule has 0 heterocycles. The van der Waals surface area contributed by atoms with Crippen LogP contribution in [-0.2, 0) is 4.79 Å². The zero-order valence-electron chi connectivity index (χ0n) is 10.7. The summed E-state index contributed by atoms with van der Waals surface area (Å²) in [5.41, 5.74) is -0.145. The predicted octanol–water partition coefficient (Wildman–Crippen LogP) is 4.41. The van der Waals surface area contributed by atoms with Crippen LogP contribution in [0, 0.1) is 18.3 Å². The van der Waals surface area contributed by atoms with Crippen LogP contribution in [0.1, 0.15) is 65.7 Å². The molecule has 0 rings (SSSR count). The average molecular weight is 211 g/mol. The lowest BCUT2D eigenvalue weighted by atomic mass is 9.78. The number of aldehydes is 1. The molecule has 89 valence electrons. The fourth-order valence-corrected chi connectivity index (χ4v) is 1.65. The predicted molar refractivity (Wildman–Crippen MR) is 66.7 cm³/mol. The number of unbranched alkanes of at least 4 members (excludes halogenated alkanes) is 5. The Morgan fingerprint density at radius 3 is 2.20 bits per heavy atom. The molecule has 0 aromatic rings. The van der Waals surface area contributed by atoms with Gasteiger partial charge in [-0.25, -0.2) is 0 Å². The maximum atomic E-state index is 10.8. The standard InChI is InChI=1S/C14H27O/c1-5-6-7-8-9-10-11-13(2)14(3,4)12-15/h12-13H,1,5-11H2,2-4H3. The first-order valence-electron chi connectivity index (χ1n) is 6.30. The molecule has 0 saturated carbocycles. The van der Waals surface area contributed by atoms with Gasteiger partial charge in [-0.15, -0.1) is 0 Å². The molecule has 0 aliphatic carbocycles. The van der Waals surface area contributed by atoms with Crippen molar-refractivity contribution < 1.29 is 4.79 Å². The van der Waals surface area contributed by atoms with Crippen molar-refractivity contribution in [1.82, 2.24) is 0 Å². The van der Waals surface area contributed by atoms with E-state index in [1.54, 1.807) is 0 Å². The SMILES string of the molecule is [CH2]CCCCCCCC(C)C(C)(C)C=O. The van der Waals surface area contributed by atoms with Crippen LogP contribution in [0.4, 0.5) is 0 Å². The van der Waals surface area contributed by atoms with Gasteiger partial charge in [0.1, 0.15) is 6.29 Å². The maximum absolute atomic E-state index is 10.8. The molecule has 0 spiro atoms. The monoisotopic (exact) mass is 211 g/mol. The molecule has 1 nitrogen and oxygen atoms in total. The molecule has 1 unspecified atom stereocenters. The van der Waals surface area contributed by atoms with Crippen molar-refractivity contribution in [3.05, 3.63) is 6.92 Å². The van der Waals surface area contributed by atoms with Crippen molar-refractivity contribution in [3.63, 3.8) is 0 Å². The van der Waals surface area contributed by atoms with Crippen molar-refractivity contribution in [1.29, 1.82) is 0 Å². The first-order valence-corrected chi connectivity index (χ1v) is 6.30. The summed E-state index contributed by atoms with van der Waals surface area (Å²) in [6, 6.07) is 0. The summed E-state index contributed by atoms with van der Waals surface area (Å²) in [7, 11) is 0. The third-order valence-corrected chi connectivity index (χ3v) is 3.46. The number of carbonyl (C=O) groups is 1. The van der Waals surface area contributed by atoms with Crippen LogP contribution >= 0.6 is 0 Å². The minimum atomic E-state index is -0.145. The molecule has 0 saturated heterocycles. The molecule has 0 aliphatic rings. The van der Waals surface area contributed by atoms with E-state index in [-0.39, 0.29) is 5.41 Å². The molecule has 1 heteroatoms. The topological polar surface area (TPSA) is 17.1 Å². The van der Waals surface area contributed by atoms with Gasteiger partial charge in [0.2, 0.25) is 0 Å². The second-order valence-corrected chi connectivity index (χ2v) is 5.25. The van der Waals surface area contributed by atoms with Crippen molar-refractivity contribution >= 4 is 6.29 Å². The zero-order chi connectivity index (χ0) is 11.7. The Morgan fingerprint density at radius 2 is 1.67 bits per heavy atom. The third kappa shape index (κ3) is 6.70. The molecule has 0 amide bonds. The highest BCUT2D eigenvalue weighted by Gasteiger charge is 2.24. The molecule has 0 bridgehead atoms. The van der Waals surface area contributed by atoms with E-state index in [1.165, 1.54) is 38.5 Å². The largest absolute Gasteiger partial charge is 0.303 e. The normalized spacial score (nSPS) is 13.9. The molecular weight excluding hydrogens is 184 g/mol. The lowest BCUT2D eigenvalue weighted by Gasteiger charge is -2.25. The lowest BCUT2D eigenvalue weighted by molar-refractivity contribution is -0.116. The highest BCUT2D eigenvalue weighted by Crippen LogP contribution is 2.28. The Morgan fingerprint density at radius 1 is 1.13 bits per heavy atom. The zero-order valence-corrected chi connectivity index (χ0v) is 10.7. The molecule has 15 heavy (non-hydrogen) atoms. The van der Waals surface area contributed by atoms with Crippen LogP contribution in [0.2, 0.25) is 0 Å². The summed E-state index contributed by atoms with van der Waals surface area (Å²) >= 11 is 0. The van der Waals surface area contributed by atoms with Crippen LogP contribution in [0.5, 0.6) is 0 Å². The fraction of sp³-hybridized carbons (Fsp3) is 0.857. The number of rotatable bonds is 9. The van der Waals surface area contributed by atoms with Gasteiger partial charge in [-0.1, -0.05) is 66.2 Å². The molecular formula is C14H27O. The molecule has 1 radical (unpaired) electrons. The van der Waals surface area contributed by atoms with Gasteiger partial charge in [-0.3, -0.25) is 0 Å². The second-order valence-electron chi connectivity index (χ2n) is 5.25. The Labute approximate surface area is 95.6 Å². The fourth-order valence-electron chi connectivity index (χ4n) is 1.65. The second kappa shape index (κ2) is 7.90. The smallest absolute Gasteiger partial charge is 0.125 e. The summed E-state index contributed by atoms with van der Waals surface area (Å²) < 4.78 is 0. The molecule has 0 fully saturated rings. The van der Waals surface area contributed by atoms with E-state index in [2.05, 4.69) is 13.8 Å². The van der Waals surface area contributed by atoms with Crippen LogP contribution in [0.15, 0.2) is 0 Å². The van der Waals surface area contributed by atoms with Crippen molar-refractivity contribution in [2.75, 3.05) is 0 Å². The van der Waals surface area contributed by atoms with Gasteiger partial charge in [0.25, 0.3) is 0 Å². The van der Waals surface area contributed by atoms with E-state index in [4.69, 9.17) is 0 Å². The summed E-state index contributed by atoms with van der Waals surface area (Å²) in [5, 5.41) is 0. The summed E-state index contributed by atoms with van der Waals surface area (Å²) in [6.45, 7) is 10.1. The maximum Gasteiger partial charge on any atom is 0.125 e. The van der Waals surface area contributed by atoms with E-state index in [1.807, 2.05) is 13.8 Å². The summed E-state index contributed by atoms with van der Waals surface area (Å²) in [5.74, 6) is 0.503. The molecule has 1 atom stereocenters. The van der Waals surface area contributed by atoms with Crippen molar-refractivity contribution in [3.8, 4) is 0 Å².